The summed E-state index contributed by atoms with van der Waals surface area (Å²) in [6.07, 6.45) is -0.681. The zero-order chi connectivity index (χ0) is 8.15. The quantitative estimate of drug-likeness (QED) is 0.595. The van der Waals surface area contributed by atoms with E-state index in [2.05, 4.69) is 0 Å². The Morgan fingerprint density at radius 2 is 1.70 bits per heavy atom. The van der Waals surface area contributed by atoms with E-state index in [4.69, 9.17) is 4.74 Å². The Labute approximate surface area is 62.6 Å². The van der Waals surface area contributed by atoms with E-state index in [1.54, 1.807) is 0 Å². The first-order valence-electron chi connectivity index (χ1n) is 3.79. The van der Waals surface area contributed by atoms with Gasteiger partial charge in [0.25, 0.3) is 0 Å². The fourth-order valence-electron chi connectivity index (χ4n) is 0.477. The molecule has 0 aromatic heterocycles. The van der Waals surface area contributed by atoms with Gasteiger partial charge in [-0.3, -0.25) is 0 Å². The van der Waals surface area contributed by atoms with E-state index in [-0.39, 0.29) is 18.6 Å². The first-order chi connectivity index (χ1) is 4.54. The average Bonchev–Trinajstić information content (AvgIpc) is 1.82. The molecular formula is C8H17FO. The van der Waals surface area contributed by atoms with E-state index in [1.807, 2.05) is 27.7 Å². The molecule has 0 spiro atoms. The second kappa shape index (κ2) is 4.67. The van der Waals surface area contributed by atoms with Crippen molar-refractivity contribution in [3.05, 3.63) is 0 Å². The summed E-state index contributed by atoms with van der Waals surface area (Å²) in [7, 11) is 0. The summed E-state index contributed by atoms with van der Waals surface area (Å²) in [5, 5.41) is 0. The van der Waals surface area contributed by atoms with Gasteiger partial charge in [0.1, 0.15) is 6.17 Å². The highest BCUT2D eigenvalue weighted by Gasteiger charge is 2.11. The summed E-state index contributed by atoms with van der Waals surface area (Å²) < 4.78 is 17.9. The van der Waals surface area contributed by atoms with Crippen LogP contribution in [0.25, 0.3) is 0 Å². The third kappa shape index (κ3) is 4.74. The summed E-state index contributed by atoms with van der Waals surface area (Å²) >= 11 is 0. The van der Waals surface area contributed by atoms with Crippen LogP contribution in [0.3, 0.4) is 0 Å². The Kier molecular flexibility index (Phi) is 4.62. The molecule has 0 saturated carbocycles. The Morgan fingerprint density at radius 3 is 2.00 bits per heavy atom. The van der Waals surface area contributed by atoms with Gasteiger partial charge in [0.05, 0.1) is 12.7 Å². The minimum Gasteiger partial charge on any atom is -0.376 e. The largest absolute Gasteiger partial charge is 0.376 e. The number of alkyl halides is 1. The molecule has 0 amide bonds. The van der Waals surface area contributed by atoms with Crippen molar-refractivity contribution in [2.75, 3.05) is 6.61 Å². The van der Waals surface area contributed by atoms with E-state index in [1.165, 1.54) is 0 Å². The Bertz CT molecular complexity index is 81.3. The zero-order valence-electron chi connectivity index (χ0n) is 7.23. The second-order valence-electron chi connectivity index (χ2n) is 3.14. The van der Waals surface area contributed by atoms with Crippen LogP contribution in [0.15, 0.2) is 0 Å². The van der Waals surface area contributed by atoms with Crippen molar-refractivity contribution < 1.29 is 9.13 Å². The van der Waals surface area contributed by atoms with Crippen molar-refractivity contribution in [2.24, 2.45) is 5.92 Å². The molecule has 1 unspecified atom stereocenters. The second-order valence-corrected chi connectivity index (χ2v) is 3.14. The molecule has 0 fully saturated rings. The van der Waals surface area contributed by atoms with Gasteiger partial charge in [-0.1, -0.05) is 13.8 Å². The lowest BCUT2D eigenvalue weighted by molar-refractivity contribution is 0.0245. The van der Waals surface area contributed by atoms with Crippen molar-refractivity contribution in [1.29, 1.82) is 0 Å². The molecule has 0 aromatic rings. The van der Waals surface area contributed by atoms with E-state index in [0.29, 0.717) is 0 Å². The van der Waals surface area contributed by atoms with Gasteiger partial charge in [-0.05, 0) is 19.8 Å². The predicted octanol–water partition coefficient (Wildman–Crippen LogP) is 2.41. The van der Waals surface area contributed by atoms with Gasteiger partial charge in [0.2, 0.25) is 0 Å². The van der Waals surface area contributed by atoms with Gasteiger partial charge in [0, 0.05) is 0 Å². The normalized spacial score (nSPS) is 14.7. The van der Waals surface area contributed by atoms with Crippen LogP contribution < -0.4 is 0 Å². The van der Waals surface area contributed by atoms with Crippen LogP contribution in [0.5, 0.6) is 0 Å². The molecule has 0 N–H and O–H groups in total. The molecule has 0 radical (unpaired) electrons. The van der Waals surface area contributed by atoms with Crippen LogP contribution in [0.2, 0.25) is 0 Å². The molecule has 0 heterocycles. The molecule has 0 bridgehead atoms. The molecule has 0 saturated heterocycles. The van der Waals surface area contributed by atoms with Crippen LogP contribution in [0.1, 0.15) is 27.7 Å². The van der Waals surface area contributed by atoms with Crippen molar-refractivity contribution in [3.8, 4) is 0 Å². The van der Waals surface area contributed by atoms with Gasteiger partial charge in [-0.2, -0.15) is 0 Å². The maximum Gasteiger partial charge on any atom is 0.126 e. The molecule has 0 aliphatic heterocycles. The molecule has 0 aliphatic rings. The maximum absolute atomic E-state index is 12.8. The summed E-state index contributed by atoms with van der Waals surface area (Å²) in [5.41, 5.74) is 0. The van der Waals surface area contributed by atoms with E-state index in [0.717, 1.165) is 0 Å². The number of ether oxygens (including phenoxy) is 1. The summed E-state index contributed by atoms with van der Waals surface area (Å²) in [6.45, 7) is 7.76. The van der Waals surface area contributed by atoms with E-state index >= 15 is 0 Å². The molecule has 1 nitrogen and oxygen atoms in total. The lowest BCUT2D eigenvalue weighted by Gasteiger charge is -2.13. The fraction of sp³-hybridized carbons (Fsp3) is 1.00. The number of hydrogen-bond donors (Lipinski definition) is 0. The fourth-order valence-corrected chi connectivity index (χ4v) is 0.477. The molecule has 10 heavy (non-hydrogen) atoms. The zero-order valence-corrected chi connectivity index (χ0v) is 7.23. The van der Waals surface area contributed by atoms with Gasteiger partial charge in [-0.25, -0.2) is 4.39 Å². The molecule has 2 heteroatoms. The molecule has 0 rings (SSSR count). The summed E-state index contributed by atoms with van der Waals surface area (Å²) in [6, 6.07) is 0. The highest BCUT2D eigenvalue weighted by molar-refractivity contribution is 4.58. The third-order valence-electron chi connectivity index (χ3n) is 1.31. The van der Waals surface area contributed by atoms with Gasteiger partial charge >= 0.3 is 0 Å². The molecule has 1 atom stereocenters. The van der Waals surface area contributed by atoms with Gasteiger partial charge < -0.3 is 4.74 Å². The average molecular weight is 148 g/mol. The van der Waals surface area contributed by atoms with Crippen LogP contribution >= 0.6 is 0 Å². The Hall–Kier alpha value is -0.110. The van der Waals surface area contributed by atoms with E-state index in [9.17, 15) is 4.39 Å². The lowest BCUT2D eigenvalue weighted by Crippen LogP contribution is -2.19. The highest BCUT2D eigenvalue weighted by Crippen LogP contribution is 2.06. The van der Waals surface area contributed by atoms with Crippen LogP contribution in [-0.2, 0) is 4.74 Å². The topological polar surface area (TPSA) is 9.23 Å². The SMILES string of the molecule is CC(C)OCC(F)C(C)C. The minimum atomic E-state index is -0.817. The molecular weight excluding hydrogens is 131 g/mol. The van der Waals surface area contributed by atoms with Crippen molar-refractivity contribution in [3.63, 3.8) is 0 Å². The number of hydrogen-bond acceptors (Lipinski definition) is 1. The van der Waals surface area contributed by atoms with Crippen LogP contribution in [0.4, 0.5) is 4.39 Å². The Morgan fingerprint density at radius 1 is 1.20 bits per heavy atom. The number of halogens is 1. The smallest absolute Gasteiger partial charge is 0.126 e. The third-order valence-corrected chi connectivity index (χ3v) is 1.31. The minimum absolute atomic E-state index is 0.0683. The van der Waals surface area contributed by atoms with Gasteiger partial charge in [0.15, 0.2) is 0 Å². The van der Waals surface area contributed by atoms with Crippen molar-refractivity contribution >= 4 is 0 Å². The standard InChI is InChI=1S/C8H17FO/c1-6(2)8(9)5-10-7(3)4/h6-8H,5H2,1-4H3. The maximum atomic E-state index is 12.8. The van der Waals surface area contributed by atoms with Crippen molar-refractivity contribution in [1.82, 2.24) is 0 Å². The predicted molar refractivity (Wildman–Crippen MR) is 40.8 cm³/mol. The highest BCUT2D eigenvalue weighted by atomic mass is 19.1. The monoisotopic (exact) mass is 148 g/mol. The molecule has 62 valence electrons. The molecule has 0 aliphatic carbocycles. The van der Waals surface area contributed by atoms with Crippen LogP contribution in [0, 0.1) is 5.92 Å². The van der Waals surface area contributed by atoms with Crippen LogP contribution in [-0.4, -0.2) is 18.9 Å². The first kappa shape index (κ1) is 9.89. The lowest BCUT2D eigenvalue weighted by atomic mass is 10.1. The summed E-state index contributed by atoms with van der Waals surface area (Å²) in [5.74, 6) is 0.0683. The summed E-state index contributed by atoms with van der Waals surface area (Å²) in [4.78, 5) is 0. The van der Waals surface area contributed by atoms with E-state index < -0.39 is 6.17 Å². The first-order valence-corrected chi connectivity index (χ1v) is 3.79. The Balaban J connectivity index is 3.30. The molecule has 0 aromatic carbocycles. The van der Waals surface area contributed by atoms with Gasteiger partial charge in [-0.15, -0.1) is 0 Å². The van der Waals surface area contributed by atoms with Crippen molar-refractivity contribution in [2.45, 2.75) is 40.0 Å². The number of rotatable bonds is 4.